The van der Waals surface area contributed by atoms with Gasteiger partial charge in [-0.3, -0.25) is 0 Å². The lowest BCUT2D eigenvalue weighted by molar-refractivity contribution is 0.298. The highest BCUT2D eigenvalue weighted by Crippen LogP contribution is 2.28. The zero-order valence-corrected chi connectivity index (χ0v) is 7.44. The minimum absolute atomic E-state index is 0.143. The fourth-order valence-corrected chi connectivity index (χ4v) is 0.904. The van der Waals surface area contributed by atoms with Gasteiger partial charge >= 0.3 is 0 Å². The van der Waals surface area contributed by atoms with E-state index in [0.717, 1.165) is 6.42 Å². The first-order valence-electron chi connectivity index (χ1n) is 3.95. The van der Waals surface area contributed by atoms with Crippen LogP contribution in [0.25, 0.3) is 0 Å². The largest absolute Gasteiger partial charge is 0.198 e. The molecule has 0 amide bonds. The highest BCUT2D eigenvalue weighted by atomic mass is 14.4. The Kier molecular flexibility index (Phi) is 3.42. The Bertz CT molecular complexity index is 130. The van der Waals surface area contributed by atoms with Gasteiger partial charge in [-0.25, -0.2) is 0 Å². The third kappa shape index (κ3) is 2.39. The van der Waals surface area contributed by atoms with Gasteiger partial charge in [0.25, 0.3) is 0 Å². The number of nitrogens with zero attached hydrogens (tertiary/aromatic N) is 1. The average Bonchev–Trinajstić information content (AvgIpc) is 1.89. The van der Waals surface area contributed by atoms with Gasteiger partial charge in [0.1, 0.15) is 0 Å². The molecule has 0 aliphatic rings. The molecular weight excluding hydrogens is 122 g/mol. The van der Waals surface area contributed by atoms with Gasteiger partial charge in [-0.05, 0) is 26.2 Å². The van der Waals surface area contributed by atoms with E-state index in [2.05, 4.69) is 19.9 Å². The molecule has 10 heavy (non-hydrogen) atoms. The number of nitriles is 1. The Hall–Kier alpha value is -0.510. The van der Waals surface area contributed by atoms with Crippen LogP contribution in [0.15, 0.2) is 0 Å². The highest BCUT2D eigenvalue weighted by Gasteiger charge is 2.23. The smallest absolute Gasteiger partial charge is 0.0686 e. The van der Waals surface area contributed by atoms with Gasteiger partial charge < -0.3 is 0 Å². The quantitative estimate of drug-likeness (QED) is 0.589. The van der Waals surface area contributed by atoms with Crippen molar-refractivity contribution in [1.29, 1.82) is 5.26 Å². The second-order valence-electron chi connectivity index (χ2n) is 3.52. The van der Waals surface area contributed by atoms with Gasteiger partial charge in [-0.1, -0.05) is 20.3 Å². The van der Waals surface area contributed by atoms with Crippen molar-refractivity contribution in [3.63, 3.8) is 0 Å². The fraction of sp³-hybridized carbons (Fsp3) is 0.889. The van der Waals surface area contributed by atoms with Crippen LogP contribution in [0.1, 0.15) is 40.5 Å². The summed E-state index contributed by atoms with van der Waals surface area (Å²) in [7, 11) is 0. The second kappa shape index (κ2) is 3.61. The molecule has 0 aliphatic heterocycles. The van der Waals surface area contributed by atoms with Crippen LogP contribution in [0, 0.1) is 22.7 Å². The average molecular weight is 139 g/mol. The van der Waals surface area contributed by atoms with Crippen molar-refractivity contribution < 1.29 is 0 Å². The van der Waals surface area contributed by atoms with E-state index in [1.807, 2.05) is 13.8 Å². The first kappa shape index (κ1) is 9.49. The zero-order valence-electron chi connectivity index (χ0n) is 7.44. The molecule has 0 saturated carbocycles. The summed E-state index contributed by atoms with van der Waals surface area (Å²) in [5, 5.41) is 8.74. The van der Waals surface area contributed by atoms with Crippen molar-refractivity contribution in [3.05, 3.63) is 0 Å². The normalized spacial score (nSPS) is 14.3. The van der Waals surface area contributed by atoms with Crippen molar-refractivity contribution in [3.8, 4) is 6.07 Å². The zero-order chi connectivity index (χ0) is 8.20. The molecule has 0 rings (SSSR count). The van der Waals surface area contributed by atoms with Crippen molar-refractivity contribution in [2.45, 2.75) is 40.5 Å². The molecule has 1 heteroatoms. The minimum atomic E-state index is -0.143. The summed E-state index contributed by atoms with van der Waals surface area (Å²) < 4.78 is 0. The van der Waals surface area contributed by atoms with Crippen LogP contribution in [0.4, 0.5) is 0 Å². The maximum Gasteiger partial charge on any atom is 0.0686 e. The van der Waals surface area contributed by atoms with Crippen molar-refractivity contribution in [1.82, 2.24) is 0 Å². The number of hydrogen-bond donors (Lipinski definition) is 0. The highest BCUT2D eigenvalue weighted by molar-refractivity contribution is 4.94. The Morgan fingerprint density at radius 2 is 2.00 bits per heavy atom. The Labute approximate surface area is 64.1 Å². The summed E-state index contributed by atoms with van der Waals surface area (Å²) in [4.78, 5) is 0. The van der Waals surface area contributed by atoms with Crippen LogP contribution in [-0.4, -0.2) is 0 Å². The van der Waals surface area contributed by atoms with Gasteiger partial charge in [0, 0.05) is 0 Å². The summed E-state index contributed by atoms with van der Waals surface area (Å²) >= 11 is 0. The lowest BCUT2D eigenvalue weighted by Gasteiger charge is -2.23. The molecule has 0 aromatic carbocycles. The molecule has 0 spiro atoms. The van der Waals surface area contributed by atoms with Crippen molar-refractivity contribution in [2.75, 3.05) is 0 Å². The van der Waals surface area contributed by atoms with Crippen molar-refractivity contribution in [2.24, 2.45) is 11.3 Å². The summed E-state index contributed by atoms with van der Waals surface area (Å²) in [6.45, 7) is 8.32. The monoisotopic (exact) mass is 139 g/mol. The molecule has 0 radical (unpaired) electrons. The SMILES string of the molecule is CCC[C@@H](C)C(C)(C)C#N. The molecule has 0 N–H and O–H groups in total. The van der Waals surface area contributed by atoms with Crippen molar-refractivity contribution >= 4 is 0 Å². The van der Waals surface area contributed by atoms with Crippen LogP contribution < -0.4 is 0 Å². The lowest BCUT2D eigenvalue weighted by Crippen LogP contribution is -2.18. The van der Waals surface area contributed by atoms with E-state index < -0.39 is 0 Å². The predicted molar refractivity (Wildman–Crippen MR) is 43.5 cm³/mol. The maximum absolute atomic E-state index is 8.74. The fourth-order valence-electron chi connectivity index (χ4n) is 0.904. The predicted octanol–water partition coefficient (Wildman–Crippen LogP) is 2.97. The second-order valence-corrected chi connectivity index (χ2v) is 3.52. The molecule has 1 nitrogen and oxygen atoms in total. The van der Waals surface area contributed by atoms with Gasteiger partial charge in [-0.15, -0.1) is 0 Å². The molecule has 0 aromatic rings. The third-order valence-electron chi connectivity index (χ3n) is 2.24. The molecule has 0 unspecified atom stereocenters. The molecule has 0 aromatic heterocycles. The molecule has 0 fully saturated rings. The van der Waals surface area contributed by atoms with Gasteiger partial charge in [-0.2, -0.15) is 5.26 Å². The van der Waals surface area contributed by atoms with E-state index in [1.54, 1.807) is 0 Å². The summed E-state index contributed by atoms with van der Waals surface area (Å²) in [5.74, 6) is 0.516. The van der Waals surface area contributed by atoms with Gasteiger partial charge in [0.05, 0.1) is 11.5 Å². The molecule has 0 saturated heterocycles. The summed E-state index contributed by atoms with van der Waals surface area (Å²) in [6.07, 6.45) is 2.33. The molecular formula is C9H17N. The molecule has 0 bridgehead atoms. The topological polar surface area (TPSA) is 23.8 Å². The van der Waals surface area contributed by atoms with E-state index in [-0.39, 0.29) is 5.41 Å². The first-order chi connectivity index (χ1) is 4.54. The first-order valence-corrected chi connectivity index (χ1v) is 3.95. The van der Waals surface area contributed by atoms with E-state index in [1.165, 1.54) is 6.42 Å². The summed E-state index contributed by atoms with van der Waals surface area (Å²) in [6, 6.07) is 2.33. The maximum atomic E-state index is 8.74. The Balaban J connectivity index is 3.94. The molecule has 58 valence electrons. The van der Waals surface area contributed by atoms with Crippen LogP contribution in [0.3, 0.4) is 0 Å². The van der Waals surface area contributed by atoms with E-state index in [0.29, 0.717) is 5.92 Å². The number of rotatable bonds is 3. The number of hydrogen-bond acceptors (Lipinski definition) is 1. The third-order valence-corrected chi connectivity index (χ3v) is 2.24. The lowest BCUT2D eigenvalue weighted by atomic mass is 9.79. The van der Waals surface area contributed by atoms with E-state index in [4.69, 9.17) is 5.26 Å². The van der Waals surface area contributed by atoms with Crippen LogP contribution in [-0.2, 0) is 0 Å². The van der Waals surface area contributed by atoms with Crippen LogP contribution >= 0.6 is 0 Å². The van der Waals surface area contributed by atoms with Gasteiger partial charge in [0.2, 0.25) is 0 Å². The van der Waals surface area contributed by atoms with E-state index in [9.17, 15) is 0 Å². The van der Waals surface area contributed by atoms with Gasteiger partial charge in [0.15, 0.2) is 0 Å². The van der Waals surface area contributed by atoms with E-state index >= 15 is 0 Å². The molecule has 1 atom stereocenters. The standard InChI is InChI=1S/C9H17N/c1-5-6-8(2)9(3,4)7-10/h8H,5-6H2,1-4H3/t8-/m1/s1. The Morgan fingerprint density at radius 3 is 2.30 bits per heavy atom. The van der Waals surface area contributed by atoms with Crippen LogP contribution in [0.5, 0.6) is 0 Å². The molecule has 0 aliphatic carbocycles. The molecule has 0 heterocycles. The minimum Gasteiger partial charge on any atom is -0.198 e. The summed E-state index contributed by atoms with van der Waals surface area (Å²) in [5.41, 5.74) is -0.143. The Morgan fingerprint density at radius 1 is 1.50 bits per heavy atom. The van der Waals surface area contributed by atoms with Crippen LogP contribution in [0.2, 0.25) is 0 Å².